The fourth-order valence-electron chi connectivity index (χ4n) is 1.66. The highest BCUT2D eigenvalue weighted by Crippen LogP contribution is 2.28. The molecule has 0 aliphatic heterocycles. The van der Waals surface area contributed by atoms with Crippen LogP contribution in [0.5, 0.6) is 0 Å². The molecule has 0 saturated heterocycles. The largest absolute Gasteiger partial charge is 1.00 e. The molecule has 4 N–H and O–H groups in total. The number of benzene rings is 1. The minimum Gasteiger partial charge on any atom is -1.00 e. The first-order chi connectivity index (χ1) is 5.29. The number of hydrogen-bond acceptors (Lipinski definition) is 1. The van der Waals surface area contributed by atoms with Gasteiger partial charge in [-0.3, -0.25) is 0 Å². The summed E-state index contributed by atoms with van der Waals surface area (Å²) in [6, 6.07) is 8.14. The van der Waals surface area contributed by atoms with Crippen molar-refractivity contribution in [2.75, 3.05) is 0 Å². The molecule has 2 atom stereocenters. The van der Waals surface area contributed by atoms with Gasteiger partial charge in [0.25, 0.3) is 0 Å². The van der Waals surface area contributed by atoms with Crippen LogP contribution in [0.25, 0.3) is 0 Å². The van der Waals surface area contributed by atoms with Gasteiger partial charge in [0.2, 0.25) is 0 Å². The maximum Gasteiger partial charge on any atom is 0.131 e. The summed E-state index contributed by atoms with van der Waals surface area (Å²) in [5, 5.41) is 9.59. The number of fused-ring (bicyclic) bond motifs is 1. The molecular weight excluding hydrogens is 174 g/mol. The number of aliphatic hydroxyl groups excluding tert-OH is 1. The number of hydrogen-bond donors (Lipinski definition) is 2. The van der Waals surface area contributed by atoms with Gasteiger partial charge >= 0.3 is 0 Å². The molecule has 0 fully saturated rings. The predicted molar refractivity (Wildman–Crippen MR) is 41.8 cm³/mol. The molecule has 0 saturated carbocycles. The molecular formula is C9H12ClNO. The Labute approximate surface area is 77.8 Å². The van der Waals surface area contributed by atoms with Gasteiger partial charge in [-0.15, -0.1) is 0 Å². The Balaban J connectivity index is 0.000000720. The van der Waals surface area contributed by atoms with Crippen LogP contribution in [0.1, 0.15) is 17.2 Å². The molecule has 1 aromatic carbocycles. The lowest BCUT2D eigenvalue weighted by molar-refractivity contribution is -0.435. The van der Waals surface area contributed by atoms with Crippen molar-refractivity contribution >= 4 is 0 Å². The minimum absolute atomic E-state index is 0. The highest BCUT2D eigenvalue weighted by molar-refractivity contribution is 5.34. The Kier molecular flexibility index (Phi) is 2.73. The van der Waals surface area contributed by atoms with E-state index in [1.165, 1.54) is 5.56 Å². The Bertz CT molecular complexity index is 277. The third kappa shape index (κ3) is 1.33. The SMILES string of the molecule is [Cl-].[NH3+]C1Cc2ccccc2C1O. The van der Waals surface area contributed by atoms with Gasteiger partial charge in [-0.2, -0.15) is 0 Å². The van der Waals surface area contributed by atoms with Gasteiger partial charge in [-0.05, 0) is 11.1 Å². The maximum atomic E-state index is 9.59. The minimum atomic E-state index is -0.341. The van der Waals surface area contributed by atoms with Crippen molar-refractivity contribution in [2.45, 2.75) is 18.6 Å². The summed E-state index contributed by atoms with van der Waals surface area (Å²) in [6.45, 7) is 0. The molecule has 0 heterocycles. The summed E-state index contributed by atoms with van der Waals surface area (Å²) in [6.07, 6.45) is 0.573. The van der Waals surface area contributed by atoms with E-state index >= 15 is 0 Å². The zero-order valence-electron chi connectivity index (χ0n) is 6.70. The summed E-state index contributed by atoms with van der Waals surface area (Å²) in [4.78, 5) is 0. The average molecular weight is 186 g/mol. The Morgan fingerprint density at radius 2 is 2.00 bits per heavy atom. The molecule has 0 bridgehead atoms. The molecule has 0 aromatic heterocycles. The Morgan fingerprint density at radius 3 is 2.67 bits per heavy atom. The van der Waals surface area contributed by atoms with Crippen LogP contribution in [0.2, 0.25) is 0 Å². The zero-order chi connectivity index (χ0) is 7.84. The molecule has 66 valence electrons. The molecule has 0 radical (unpaired) electrons. The quantitative estimate of drug-likeness (QED) is 0.442. The topological polar surface area (TPSA) is 47.9 Å². The van der Waals surface area contributed by atoms with Gasteiger partial charge < -0.3 is 23.2 Å². The molecule has 1 aliphatic rings. The van der Waals surface area contributed by atoms with Crippen LogP contribution in [0.3, 0.4) is 0 Å². The molecule has 1 aromatic rings. The van der Waals surface area contributed by atoms with E-state index in [0.717, 1.165) is 12.0 Å². The van der Waals surface area contributed by atoms with E-state index in [-0.39, 0.29) is 24.6 Å². The Morgan fingerprint density at radius 1 is 1.33 bits per heavy atom. The zero-order valence-corrected chi connectivity index (χ0v) is 7.46. The van der Waals surface area contributed by atoms with E-state index in [1.807, 2.05) is 18.2 Å². The van der Waals surface area contributed by atoms with Crippen LogP contribution >= 0.6 is 0 Å². The highest BCUT2D eigenvalue weighted by Gasteiger charge is 2.29. The Hall–Kier alpha value is -0.570. The summed E-state index contributed by atoms with van der Waals surface area (Å²) in [5.74, 6) is 0. The van der Waals surface area contributed by atoms with Crippen LogP contribution in [0.15, 0.2) is 24.3 Å². The van der Waals surface area contributed by atoms with Gasteiger partial charge in [0, 0.05) is 6.42 Å². The number of aliphatic hydroxyl groups is 1. The molecule has 2 rings (SSSR count). The van der Waals surface area contributed by atoms with E-state index in [0.29, 0.717) is 0 Å². The van der Waals surface area contributed by atoms with E-state index in [9.17, 15) is 5.11 Å². The van der Waals surface area contributed by atoms with Crippen LogP contribution in [-0.2, 0) is 6.42 Å². The van der Waals surface area contributed by atoms with Gasteiger partial charge in [-0.1, -0.05) is 24.3 Å². The number of quaternary nitrogens is 1. The monoisotopic (exact) mass is 185 g/mol. The van der Waals surface area contributed by atoms with Gasteiger partial charge in [0.15, 0.2) is 0 Å². The molecule has 3 heteroatoms. The smallest absolute Gasteiger partial charge is 0.131 e. The first-order valence-corrected chi connectivity index (χ1v) is 3.88. The summed E-state index contributed by atoms with van der Waals surface area (Å²) >= 11 is 0. The van der Waals surface area contributed by atoms with Gasteiger partial charge in [0.05, 0.1) is 0 Å². The van der Waals surface area contributed by atoms with Crippen molar-refractivity contribution in [1.82, 2.24) is 0 Å². The van der Waals surface area contributed by atoms with Crippen molar-refractivity contribution in [3.63, 3.8) is 0 Å². The molecule has 0 spiro atoms. The molecule has 2 nitrogen and oxygen atoms in total. The van der Waals surface area contributed by atoms with Crippen molar-refractivity contribution in [3.8, 4) is 0 Å². The number of rotatable bonds is 0. The molecule has 2 unspecified atom stereocenters. The van der Waals surface area contributed by atoms with Crippen LogP contribution in [-0.4, -0.2) is 11.1 Å². The van der Waals surface area contributed by atoms with Crippen LogP contribution in [0, 0.1) is 0 Å². The van der Waals surface area contributed by atoms with Crippen molar-refractivity contribution in [2.24, 2.45) is 0 Å². The van der Waals surface area contributed by atoms with E-state index < -0.39 is 0 Å². The summed E-state index contributed by atoms with van der Waals surface area (Å²) in [5.41, 5.74) is 6.20. The maximum absolute atomic E-state index is 9.59. The lowest BCUT2D eigenvalue weighted by Crippen LogP contribution is -3.00. The van der Waals surface area contributed by atoms with Crippen molar-refractivity contribution in [3.05, 3.63) is 35.4 Å². The average Bonchev–Trinajstić information content (AvgIpc) is 2.30. The summed E-state index contributed by atoms with van der Waals surface area (Å²) < 4.78 is 0. The second-order valence-electron chi connectivity index (χ2n) is 3.11. The first-order valence-electron chi connectivity index (χ1n) is 3.88. The summed E-state index contributed by atoms with van der Waals surface area (Å²) in [7, 11) is 0. The lowest BCUT2D eigenvalue weighted by atomic mass is 10.1. The second kappa shape index (κ2) is 3.44. The highest BCUT2D eigenvalue weighted by atomic mass is 35.5. The van der Waals surface area contributed by atoms with Crippen LogP contribution < -0.4 is 18.1 Å². The normalized spacial score (nSPS) is 26.2. The number of halogens is 1. The van der Waals surface area contributed by atoms with Crippen molar-refractivity contribution < 1.29 is 23.2 Å². The molecule has 1 aliphatic carbocycles. The fourth-order valence-corrected chi connectivity index (χ4v) is 1.66. The first kappa shape index (κ1) is 9.52. The third-order valence-electron chi connectivity index (χ3n) is 2.30. The van der Waals surface area contributed by atoms with E-state index in [2.05, 4.69) is 11.8 Å². The van der Waals surface area contributed by atoms with Crippen molar-refractivity contribution in [1.29, 1.82) is 0 Å². The standard InChI is InChI=1S/C9H11NO.ClH/c10-8-5-6-3-1-2-4-7(6)9(8)11;/h1-4,8-9,11H,5,10H2;1H. The van der Waals surface area contributed by atoms with Gasteiger partial charge in [-0.25, -0.2) is 0 Å². The third-order valence-corrected chi connectivity index (χ3v) is 2.30. The predicted octanol–water partition coefficient (Wildman–Crippen LogP) is -3.11. The van der Waals surface area contributed by atoms with Crippen LogP contribution in [0.4, 0.5) is 0 Å². The van der Waals surface area contributed by atoms with E-state index in [1.54, 1.807) is 0 Å². The van der Waals surface area contributed by atoms with Gasteiger partial charge in [0.1, 0.15) is 12.1 Å². The molecule has 12 heavy (non-hydrogen) atoms. The molecule has 0 amide bonds. The van der Waals surface area contributed by atoms with E-state index in [4.69, 9.17) is 0 Å². The second-order valence-corrected chi connectivity index (χ2v) is 3.11. The fraction of sp³-hybridized carbons (Fsp3) is 0.333. The lowest BCUT2D eigenvalue weighted by Gasteiger charge is -2.04.